The molecule has 0 aromatic rings. The monoisotopic (exact) mass is 663 g/mol. The van der Waals surface area contributed by atoms with Crippen molar-refractivity contribution >= 4 is 17.9 Å². The van der Waals surface area contributed by atoms with Crippen molar-refractivity contribution in [1.82, 2.24) is 0 Å². The largest absolute Gasteiger partial charge is 0.462 e. The van der Waals surface area contributed by atoms with Gasteiger partial charge in [-0.05, 0) is 64.2 Å². The highest BCUT2D eigenvalue weighted by molar-refractivity contribution is 5.70. The molecule has 1 unspecified atom stereocenters. The van der Waals surface area contributed by atoms with Crippen LogP contribution in [-0.2, 0) is 28.6 Å². The number of carbonyl (C=O) groups excluding carboxylic acids is 3. The van der Waals surface area contributed by atoms with Crippen molar-refractivity contribution in [2.45, 2.75) is 207 Å². The van der Waals surface area contributed by atoms with Crippen LogP contribution in [0.1, 0.15) is 201 Å². The lowest BCUT2D eigenvalue weighted by Crippen LogP contribution is -2.30. The van der Waals surface area contributed by atoms with Gasteiger partial charge in [0, 0.05) is 19.8 Å². The summed E-state index contributed by atoms with van der Waals surface area (Å²) in [5.74, 6) is -1.10. The van der Waals surface area contributed by atoms with E-state index in [4.69, 9.17) is 14.2 Å². The Morgan fingerprint density at radius 1 is 0.447 bits per heavy atom. The zero-order chi connectivity index (χ0) is 34.5. The summed E-state index contributed by atoms with van der Waals surface area (Å²) < 4.78 is 15.9. The highest BCUT2D eigenvalue weighted by Crippen LogP contribution is 2.13. The molecule has 274 valence electrons. The fraction of sp³-hybridized carbons (Fsp3) is 0.829. The molecule has 0 saturated carbocycles. The van der Waals surface area contributed by atoms with Crippen LogP contribution in [0.4, 0.5) is 0 Å². The number of esters is 3. The first kappa shape index (κ1) is 44.9. The van der Waals surface area contributed by atoms with E-state index in [-0.39, 0.29) is 25.2 Å². The van der Waals surface area contributed by atoms with E-state index in [0.717, 1.165) is 57.8 Å². The number of hydrogen-bond donors (Lipinski definition) is 0. The fourth-order valence-corrected chi connectivity index (χ4v) is 5.51. The van der Waals surface area contributed by atoms with Gasteiger partial charge in [0.1, 0.15) is 13.2 Å². The summed E-state index contributed by atoms with van der Waals surface area (Å²) in [5.41, 5.74) is 0. The van der Waals surface area contributed by atoms with Crippen LogP contribution in [0.2, 0.25) is 0 Å². The lowest BCUT2D eigenvalue weighted by atomic mass is 10.1. The molecule has 0 rings (SSSR count). The van der Waals surface area contributed by atoms with Crippen LogP contribution in [0.3, 0.4) is 0 Å². The van der Waals surface area contributed by atoms with Gasteiger partial charge in [0.05, 0.1) is 0 Å². The highest BCUT2D eigenvalue weighted by atomic mass is 16.6. The fourth-order valence-electron chi connectivity index (χ4n) is 5.51. The number of carbonyl (C=O) groups is 3. The Hall–Kier alpha value is -2.11. The van der Waals surface area contributed by atoms with Crippen molar-refractivity contribution in [3.8, 4) is 0 Å². The summed E-state index contributed by atoms with van der Waals surface area (Å²) in [6, 6.07) is 0. The smallest absolute Gasteiger partial charge is 0.306 e. The first-order valence-corrected chi connectivity index (χ1v) is 19.8. The maximum Gasteiger partial charge on any atom is 0.306 e. The van der Waals surface area contributed by atoms with Crippen molar-refractivity contribution in [2.24, 2.45) is 0 Å². The number of unbranched alkanes of at least 4 members (excludes halogenated alkanes) is 22. The molecule has 0 fully saturated rings. The van der Waals surface area contributed by atoms with Gasteiger partial charge in [-0.15, -0.1) is 0 Å². The SMILES string of the molecule is CCCCCCCC/C=C\CCCCCCCC(=O)OCC(COC(C)=O)OC(=O)CCCCCCC/C=C\CCCCCCCC. The molecule has 0 radical (unpaired) electrons. The van der Waals surface area contributed by atoms with Crippen LogP contribution in [0, 0.1) is 0 Å². The number of ether oxygens (including phenoxy) is 3. The molecular weight excluding hydrogens is 588 g/mol. The van der Waals surface area contributed by atoms with Crippen LogP contribution in [-0.4, -0.2) is 37.2 Å². The first-order valence-electron chi connectivity index (χ1n) is 19.8. The van der Waals surface area contributed by atoms with E-state index < -0.39 is 12.1 Å². The van der Waals surface area contributed by atoms with E-state index in [1.807, 2.05) is 0 Å². The van der Waals surface area contributed by atoms with Crippen LogP contribution < -0.4 is 0 Å². The third kappa shape index (κ3) is 36.6. The molecule has 0 aromatic carbocycles. The molecule has 0 aliphatic carbocycles. The quantitative estimate of drug-likeness (QED) is 0.0291. The molecule has 6 heteroatoms. The predicted molar refractivity (Wildman–Crippen MR) is 196 cm³/mol. The number of rotatable bonds is 35. The van der Waals surface area contributed by atoms with Crippen molar-refractivity contribution in [3.05, 3.63) is 24.3 Å². The molecule has 0 spiro atoms. The van der Waals surface area contributed by atoms with Crippen LogP contribution >= 0.6 is 0 Å². The maximum absolute atomic E-state index is 12.4. The lowest BCUT2D eigenvalue weighted by molar-refractivity contribution is -0.166. The lowest BCUT2D eigenvalue weighted by Gasteiger charge is -2.17. The summed E-state index contributed by atoms with van der Waals surface area (Å²) in [6.07, 6.45) is 40.5. The molecule has 0 aromatic heterocycles. The normalized spacial score (nSPS) is 12.1. The Kier molecular flexibility index (Phi) is 35.1. The van der Waals surface area contributed by atoms with Gasteiger partial charge in [-0.2, -0.15) is 0 Å². The van der Waals surface area contributed by atoms with Crippen molar-refractivity contribution in [2.75, 3.05) is 13.2 Å². The minimum atomic E-state index is -0.771. The Morgan fingerprint density at radius 2 is 0.787 bits per heavy atom. The molecular formula is C41H74O6. The molecule has 0 N–H and O–H groups in total. The molecule has 0 saturated heterocycles. The number of hydrogen-bond acceptors (Lipinski definition) is 6. The highest BCUT2D eigenvalue weighted by Gasteiger charge is 2.18. The summed E-state index contributed by atoms with van der Waals surface area (Å²) in [5, 5.41) is 0. The summed E-state index contributed by atoms with van der Waals surface area (Å²) in [6.45, 7) is 5.63. The third-order valence-electron chi connectivity index (χ3n) is 8.49. The van der Waals surface area contributed by atoms with Crippen molar-refractivity contribution < 1.29 is 28.6 Å². The minimum Gasteiger partial charge on any atom is -0.462 e. The topological polar surface area (TPSA) is 78.9 Å². The minimum absolute atomic E-state index is 0.0880. The molecule has 0 aliphatic heterocycles. The molecule has 0 aliphatic rings. The molecule has 47 heavy (non-hydrogen) atoms. The molecule has 0 bridgehead atoms. The van der Waals surface area contributed by atoms with Crippen LogP contribution in [0.25, 0.3) is 0 Å². The first-order chi connectivity index (χ1) is 23.0. The third-order valence-corrected chi connectivity index (χ3v) is 8.49. The van der Waals surface area contributed by atoms with Gasteiger partial charge in [-0.25, -0.2) is 0 Å². The van der Waals surface area contributed by atoms with Gasteiger partial charge < -0.3 is 14.2 Å². The van der Waals surface area contributed by atoms with Crippen molar-refractivity contribution in [1.29, 1.82) is 0 Å². The molecule has 6 nitrogen and oxygen atoms in total. The zero-order valence-corrected chi connectivity index (χ0v) is 31.0. The molecule has 0 amide bonds. The second-order valence-corrected chi connectivity index (χ2v) is 13.3. The average Bonchev–Trinajstić information content (AvgIpc) is 3.05. The summed E-state index contributed by atoms with van der Waals surface area (Å²) in [7, 11) is 0. The Bertz CT molecular complexity index is 774. The van der Waals surface area contributed by atoms with Gasteiger partial charge in [0.15, 0.2) is 6.10 Å². The second-order valence-electron chi connectivity index (χ2n) is 13.3. The van der Waals surface area contributed by atoms with E-state index in [0.29, 0.717) is 12.8 Å². The predicted octanol–water partition coefficient (Wildman–Crippen LogP) is 12.1. The second kappa shape index (κ2) is 36.7. The summed E-state index contributed by atoms with van der Waals surface area (Å²) >= 11 is 0. The van der Waals surface area contributed by atoms with Gasteiger partial charge in [0.25, 0.3) is 0 Å². The Labute approximate surface area is 290 Å². The zero-order valence-electron chi connectivity index (χ0n) is 31.0. The van der Waals surface area contributed by atoms with Gasteiger partial charge in [0.2, 0.25) is 0 Å². The van der Waals surface area contributed by atoms with E-state index in [1.165, 1.54) is 116 Å². The van der Waals surface area contributed by atoms with E-state index >= 15 is 0 Å². The van der Waals surface area contributed by atoms with E-state index in [9.17, 15) is 14.4 Å². The van der Waals surface area contributed by atoms with Crippen molar-refractivity contribution in [3.63, 3.8) is 0 Å². The van der Waals surface area contributed by atoms with E-state index in [1.54, 1.807) is 0 Å². The van der Waals surface area contributed by atoms with Gasteiger partial charge >= 0.3 is 17.9 Å². The number of allylic oxidation sites excluding steroid dienone is 4. The average molecular weight is 663 g/mol. The van der Waals surface area contributed by atoms with Crippen LogP contribution in [0.5, 0.6) is 0 Å². The van der Waals surface area contributed by atoms with Gasteiger partial charge in [-0.1, -0.05) is 141 Å². The standard InChI is InChI=1S/C41H74O6/c1-4-6-8-10-12-14-16-18-20-22-24-26-28-30-32-34-40(43)46-37-39(36-45-38(3)42)47-41(44)35-33-31-29-27-25-23-21-19-17-15-13-11-9-7-5-2/h18-21,39H,4-17,22-37H2,1-3H3/b20-18-,21-19-. The molecule has 0 heterocycles. The van der Waals surface area contributed by atoms with Gasteiger partial charge in [-0.3, -0.25) is 14.4 Å². The summed E-state index contributed by atoms with van der Waals surface area (Å²) in [4.78, 5) is 35.9. The Morgan fingerprint density at radius 3 is 1.19 bits per heavy atom. The van der Waals surface area contributed by atoms with Crippen LogP contribution in [0.15, 0.2) is 24.3 Å². The maximum atomic E-state index is 12.4. The van der Waals surface area contributed by atoms with E-state index in [2.05, 4.69) is 38.2 Å². The Balaban J connectivity index is 3.87. The molecule has 1 atom stereocenters.